The third-order valence-electron chi connectivity index (χ3n) is 2.96. The highest BCUT2D eigenvalue weighted by molar-refractivity contribution is 7.98. The number of aliphatic hydroxyl groups is 1. The van der Waals surface area contributed by atoms with Gasteiger partial charge in [0.05, 0.1) is 12.1 Å². The number of benzene rings is 1. The Hall–Kier alpha value is -0.510. The Morgan fingerprint density at radius 2 is 1.76 bits per heavy atom. The number of hydrogen-bond donors (Lipinski definition) is 2. The van der Waals surface area contributed by atoms with Gasteiger partial charge in [0, 0.05) is 4.90 Å². The van der Waals surface area contributed by atoms with Crippen molar-refractivity contribution in [2.45, 2.75) is 43.7 Å². The molecule has 3 heteroatoms. The van der Waals surface area contributed by atoms with E-state index in [0.29, 0.717) is 5.92 Å². The van der Waals surface area contributed by atoms with Gasteiger partial charge in [-0.1, -0.05) is 26.0 Å². The Balaban J connectivity index is 2.58. The molecule has 96 valence electrons. The lowest BCUT2D eigenvalue weighted by molar-refractivity contribution is 0.128. The maximum atomic E-state index is 10.0. The number of hydrogen-bond acceptors (Lipinski definition) is 3. The van der Waals surface area contributed by atoms with Crippen LogP contribution in [0, 0.1) is 5.92 Å². The average Bonchev–Trinajstić information content (AvgIpc) is 2.35. The van der Waals surface area contributed by atoms with Gasteiger partial charge in [-0.15, -0.1) is 11.8 Å². The first kappa shape index (κ1) is 14.6. The Kier molecular flexibility index (Phi) is 6.03. The number of nitrogens with two attached hydrogens (primary N) is 1. The summed E-state index contributed by atoms with van der Waals surface area (Å²) in [5, 5.41) is 10.0. The molecule has 2 atom stereocenters. The van der Waals surface area contributed by atoms with Crippen molar-refractivity contribution in [3.05, 3.63) is 29.8 Å². The molecule has 0 aliphatic heterocycles. The van der Waals surface area contributed by atoms with E-state index in [1.165, 1.54) is 4.90 Å². The van der Waals surface area contributed by atoms with Gasteiger partial charge in [0.1, 0.15) is 0 Å². The molecule has 0 amide bonds. The zero-order chi connectivity index (χ0) is 12.8. The second-order valence-corrected chi connectivity index (χ2v) is 5.72. The van der Waals surface area contributed by atoms with Crippen molar-refractivity contribution in [1.82, 2.24) is 0 Å². The van der Waals surface area contributed by atoms with Gasteiger partial charge < -0.3 is 10.8 Å². The number of rotatable bonds is 6. The maximum absolute atomic E-state index is 10.0. The van der Waals surface area contributed by atoms with E-state index in [9.17, 15) is 5.11 Å². The number of thioether (sulfide) groups is 1. The Bertz CT molecular complexity index is 323. The van der Waals surface area contributed by atoms with Gasteiger partial charge in [-0.05, 0) is 42.7 Å². The van der Waals surface area contributed by atoms with E-state index < -0.39 is 6.10 Å². The van der Waals surface area contributed by atoms with E-state index in [2.05, 4.69) is 26.0 Å². The molecular formula is C14H23NOS. The summed E-state index contributed by atoms with van der Waals surface area (Å²) < 4.78 is 0. The summed E-state index contributed by atoms with van der Waals surface area (Å²) in [5.41, 5.74) is 7.07. The molecule has 0 bridgehead atoms. The van der Waals surface area contributed by atoms with Gasteiger partial charge in [-0.3, -0.25) is 0 Å². The first-order valence-electron chi connectivity index (χ1n) is 6.12. The van der Waals surface area contributed by atoms with Crippen molar-refractivity contribution in [2.24, 2.45) is 11.7 Å². The molecule has 0 saturated heterocycles. The van der Waals surface area contributed by atoms with Crippen LogP contribution in [0.5, 0.6) is 0 Å². The topological polar surface area (TPSA) is 46.2 Å². The van der Waals surface area contributed by atoms with Crippen LogP contribution in [-0.2, 0) is 0 Å². The quantitative estimate of drug-likeness (QED) is 0.765. The van der Waals surface area contributed by atoms with Gasteiger partial charge >= 0.3 is 0 Å². The van der Waals surface area contributed by atoms with Crippen LogP contribution in [0.15, 0.2) is 29.2 Å². The first-order chi connectivity index (χ1) is 8.04. The van der Waals surface area contributed by atoms with Crippen LogP contribution in [0.3, 0.4) is 0 Å². The molecule has 2 nitrogen and oxygen atoms in total. The largest absolute Gasteiger partial charge is 0.391 e. The molecule has 1 aromatic carbocycles. The molecule has 0 spiro atoms. The number of aliphatic hydroxyl groups excluding tert-OH is 1. The fourth-order valence-corrected chi connectivity index (χ4v) is 2.14. The molecule has 0 heterocycles. The monoisotopic (exact) mass is 253 g/mol. The Labute approximate surface area is 109 Å². The molecule has 0 aliphatic rings. The van der Waals surface area contributed by atoms with E-state index >= 15 is 0 Å². The van der Waals surface area contributed by atoms with Crippen LogP contribution < -0.4 is 5.73 Å². The van der Waals surface area contributed by atoms with E-state index in [1.807, 2.05) is 18.4 Å². The molecule has 3 N–H and O–H groups in total. The zero-order valence-corrected chi connectivity index (χ0v) is 11.7. The highest BCUT2D eigenvalue weighted by Crippen LogP contribution is 2.22. The SMILES string of the molecule is CSc1ccc([C@H](N)[C@H](O)CCC(C)C)cc1. The van der Waals surface area contributed by atoms with Crippen molar-refractivity contribution in [1.29, 1.82) is 0 Å². The van der Waals surface area contributed by atoms with Crippen LogP contribution in [0.1, 0.15) is 38.3 Å². The summed E-state index contributed by atoms with van der Waals surface area (Å²) in [5.74, 6) is 0.607. The Morgan fingerprint density at radius 1 is 1.18 bits per heavy atom. The lowest BCUT2D eigenvalue weighted by Crippen LogP contribution is -2.26. The van der Waals surface area contributed by atoms with Gasteiger partial charge in [-0.25, -0.2) is 0 Å². The van der Waals surface area contributed by atoms with E-state index in [-0.39, 0.29) is 6.04 Å². The summed E-state index contributed by atoms with van der Waals surface area (Å²) in [7, 11) is 0. The van der Waals surface area contributed by atoms with Crippen molar-refractivity contribution in [2.75, 3.05) is 6.26 Å². The third-order valence-corrected chi connectivity index (χ3v) is 3.70. The van der Waals surface area contributed by atoms with Crippen molar-refractivity contribution >= 4 is 11.8 Å². The van der Waals surface area contributed by atoms with Crippen LogP contribution in [0.4, 0.5) is 0 Å². The molecule has 0 saturated carbocycles. The highest BCUT2D eigenvalue weighted by Gasteiger charge is 2.16. The van der Waals surface area contributed by atoms with Crippen molar-refractivity contribution < 1.29 is 5.11 Å². The predicted octanol–water partition coefficient (Wildman–Crippen LogP) is 3.21. The zero-order valence-electron chi connectivity index (χ0n) is 10.9. The molecule has 17 heavy (non-hydrogen) atoms. The Morgan fingerprint density at radius 3 is 2.24 bits per heavy atom. The lowest BCUT2D eigenvalue weighted by atomic mass is 9.96. The normalized spacial score (nSPS) is 14.9. The molecule has 0 fully saturated rings. The molecule has 0 radical (unpaired) electrons. The smallest absolute Gasteiger partial charge is 0.0732 e. The minimum absolute atomic E-state index is 0.273. The van der Waals surface area contributed by atoms with Gasteiger partial charge in [0.25, 0.3) is 0 Å². The second kappa shape index (κ2) is 7.04. The van der Waals surface area contributed by atoms with Crippen LogP contribution in [-0.4, -0.2) is 17.5 Å². The maximum Gasteiger partial charge on any atom is 0.0732 e. The molecule has 1 aromatic rings. The standard InChI is InChI=1S/C14H23NOS/c1-10(2)4-9-13(16)14(15)11-5-7-12(17-3)8-6-11/h5-8,10,13-14,16H,4,9,15H2,1-3H3/t13-,14+/m1/s1. The minimum Gasteiger partial charge on any atom is -0.391 e. The summed E-state index contributed by atoms with van der Waals surface area (Å²) in [6.45, 7) is 4.32. The summed E-state index contributed by atoms with van der Waals surface area (Å²) in [6.07, 6.45) is 3.38. The lowest BCUT2D eigenvalue weighted by Gasteiger charge is -2.20. The average molecular weight is 253 g/mol. The minimum atomic E-state index is -0.447. The van der Waals surface area contributed by atoms with E-state index in [4.69, 9.17) is 5.73 Å². The van der Waals surface area contributed by atoms with Crippen molar-refractivity contribution in [3.8, 4) is 0 Å². The molecule has 0 unspecified atom stereocenters. The van der Waals surface area contributed by atoms with Gasteiger partial charge in [0.15, 0.2) is 0 Å². The molecular weight excluding hydrogens is 230 g/mol. The predicted molar refractivity (Wildman–Crippen MR) is 75.2 cm³/mol. The molecule has 0 aromatic heterocycles. The summed E-state index contributed by atoms with van der Waals surface area (Å²) in [4.78, 5) is 1.22. The van der Waals surface area contributed by atoms with Crippen LogP contribution >= 0.6 is 11.8 Å². The van der Waals surface area contributed by atoms with Gasteiger partial charge in [0.2, 0.25) is 0 Å². The van der Waals surface area contributed by atoms with Crippen LogP contribution in [0.2, 0.25) is 0 Å². The molecule has 1 rings (SSSR count). The second-order valence-electron chi connectivity index (χ2n) is 4.84. The fraction of sp³-hybridized carbons (Fsp3) is 0.571. The van der Waals surface area contributed by atoms with Gasteiger partial charge in [-0.2, -0.15) is 0 Å². The summed E-state index contributed by atoms with van der Waals surface area (Å²) in [6, 6.07) is 7.85. The molecule has 0 aliphatic carbocycles. The summed E-state index contributed by atoms with van der Waals surface area (Å²) >= 11 is 1.71. The third kappa shape index (κ3) is 4.70. The first-order valence-corrected chi connectivity index (χ1v) is 7.34. The van der Waals surface area contributed by atoms with E-state index in [1.54, 1.807) is 11.8 Å². The van der Waals surface area contributed by atoms with Crippen LogP contribution in [0.25, 0.3) is 0 Å². The van der Waals surface area contributed by atoms with Crippen molar-refractivity contribution in [3.63, 3.8) is 0 Å². The van der Waals surface area contributed by atoms with E-state index in [0.717, 1.165) is 18.4 Å². The fourth-order valence-electron chi connectivity index (χ4n) is 1.73. The highest BCUT2D eigenvalue weighted by atomic mass is 32.2.